The van der Waals surface area contributed by atoms with Gasteiger partial charge in [-0.2, -0.15) is 0 Å². The smallest absolute Gasteiger partial charge is 0.268 e. The van der Waals surface area contributed by atoms with Crippen LogP contribution in [-0.2, 0) is 0 Å². The summed E-state index contributed by atoms with van der Waals surface area (Å²) in [5.41, 5.74) is 5.80. The van der Waals surface area contributed by atoms with Gasteiger partial charge in [-0.05, 0) is 24.3 Å². The largest absolute Gasteiger partial charge is 0.364 e. The van der Waals surface area contributed by atoms with Crippen molar-refractivity contribution in [2.75, 3.05) is 0 Å². The lowest BCUT2D eigenvalue weighted by molar-refractivity contribution is -0.108. The molecule has 3 atom stereocenters. The summed E-state index contributed by atoms with van der Waals surface area (Å²) in [6, 6.07) is 2.97. The Hall–Kier alpha value is -2.31. The average Bonchev–Trinajstić information content (AvgIpc) is 2.69. The van der Waals surface area contributed by atoms with Crippen LogP contribution in [0.25, 0.3) is 10.9 Å². The summed E-state index contributed by atoms with van der Waals surface area (Å²) in [6.07, 6.45) is 7.21. The molecule has 7 heteroatoms. The second-order valence-electron chi connectivity index (χ2n) is 8.81. The summed E-state index contributed by atoms with van der Waals surface area (Å²) >= 11 is 0. The van der Waals surface area contributed by atoms with Crippen LogP contribution in [0.15, 0.2) is 23.1 Å². The Morgan fingerprint density at radius 2 is 2.00 bits per heavy atom. The van der Waals surface area contributed by atoms with Crippen LogP contribution < -0.4 is 11.2 Å². The molecule has 0 unspecified atom stereocenters. The van der Waals surface area contributed by atoms with E-state index in [1.165, 1.54) is 18.7 Å². The molecule has 5 nitrogen and oxygen atoms in total. The van der Waals surface area contributed by atoms with E-state index in [4.69, 9.17) is 5.73 Å². The minimum atomic E-state index is -2.77. The summed E-state index contributed by atoms with van der Waals surface area (Å²) in [7, 11) is 0. The number of aromatic nitrogens is 2. The Labute approximate surface area is 168 Å². The number of H-pyrrole nitrogens is 1. The van der Waals surface area contributed by atoms with Gasteiger partial charge in [0.05, 0.1) is 10.9 Å². The van der Waals surface area contributed by atoms with E-state index in [-0.39, 0.29) is 23.4 Å². The zero-order valence-electron chi connectivity index (χ0n) is 16.6. The number of aromatic amines is 1. The van der Waals surface area contributed by atoms with Crippen LogP contribution in [0.5, 0.6) is 0 Å². The predicted octanol–water partition coefficient (Wildman–Crippen LogP) is 4.37. The summed E-state index contributed by atoms with van der Waals surface area (Å²) in [6.45, 7) is 1.64. The molecule has 2 aromatic heterocycles. The number of carbonyl (C=O) groups is 1. The number of nitrogens with zero attached hydrogens (tertiary/aromatic N) is 1. The van der Waals surface area contributed by atoms with Gasteiger partial charge in [-0.1, -0.05) is 39.0 Å². The van der Waals surface area contributed by atoms with Crippen molar-refractivity contribution in [1.82, 2.24) is 9.97 Å². The highest BCUT2D eigenvalue weighted by Gasteiger charge is 2.49. The number of fused-ring (bicyclic) bond motifs is 1. The molecule has 2 heterocycles. The van der Waals surface area contributed by atoms with Crippen molar-refractivity contribution in [3.05, 3.63) is 39.9 Å². The molecule has 1 amide bonds. The molecule has 2 aliphatic carbocycles. The van der Waals surface area contributed by atoms with Crippen molar-refractivity contribution in [2.24, 2.45) is 23.5 Å². The lowest BCUT2D eigenvalue weighted by Crippen LogP contribution is -2.41. The van der Waals surface area contributed by atoms with E-state index in [2.05, 4.69) is 9.97 Å². The van der Waals surface area contributed by atoms with Crippen molar-refractivity contribution in [3.63, 3.8) is 0 Å². The zero-order valence-corrected chi connectivity index (χ0v) is 16.6. The average molecular weight is 403 g/mol. The maximum atomic E-state index is 14.7. The second-order valence-corrected chi connectivity index (χ2v) is 8.81. The van der Waals surface area contributed by atoms with Crippen molar-refractivity contribution in [3.8, 4) is 0 Å². The van der Waals surface area contributed by atoms with Crippen molar-refractivity contribution in [1.29, 1.82) is 0 Å². The van der Waals surface area contributed by atoms with Gasteiger partial charge in [0, 0.05) is 36.2 Å². The minimum absolute atomic E-state index is 0.0956. The normalized spacial score (nSPS) is 27.8. The fraction of sp³-hybridized carbons (Fsp3) is 0.591. The molecule has 0 aromatic carbocycles. The highest BCUT2D eigenvalue weighted by molar-refractivity contribution is 6.03. The van der Waals surface area contributed by atoms with Gasteiger partial charge in [0.25, 0.3) is 11.8 Å². The van der Waals surface area contributed by atoms with Gasteiger partial charge in [0.1, 0.15) is 5.69 Å². The molecular weight excluding hydrogens is 376 g/mol. The second kappa shape index (κ2) is 7.50. The van der Waals surface area contributed by atoms with Crippen LogP contribution in [-0.4, -0.2) is 21.8 Å². The lowest BCUT2D eigenvalue weighted by atomic mass is 9.63. The van der Waals surface area contributed by atoms with Crippen LogP contribution in [0.3, 0.4) is 0 Å². The maximum absolute atomic E-state index is 14.7. The molecule has 2 saturated carbocycles. The fourth-order valence-electron chi connectivity index (χ4n) is 5.42. The van der Waals surface area contributed by atoms with Gasteiger partial charge < -0.3 is 10.7 Å². The number of pyridine rings is 2. The molecule has 29 heavy (non-hydrogen) atoms. The van der Waals surface area contributed by atoms with Gasteiger partial charge in [0.15, 0.2) is 5.43 Å². The quantitative estimate of drug-likeness (QED) is 0.798. The molecular formula is C22H27F2N3O2. The fourth-order valence-corrected chi connectivity index (χ4v) is 5.42. The third kappa shape index (κ3) is 3.67. The van der Waals surface area contributed by atoms with Gasteiger partial charge >= 0.3 is 0 Å². The first-order chi connectivity index (χ1) is 13.8. The van der Waals surface area contributed by atoms with E-state index < -0.39 is 29.1 Å². The van der Waals surface area contributed by atoms with Crippen LogP contribution in [0.4, 0.5) is 8.78 Å². The first-order valence-corrected chi connectivity index (χ1v) is 10.5. The summed E-state index contributed by atoms with van der Waals surface area (Å²) < 4.78 is 29.4. The SMILES string of the molecule is C[C@H]1C[C@H](C2CCCCC2)[C@@H](c2cc(=O)c3c(C(N)=O)nccc3[nH]2)CC1(F)F. The van der Waals surface area contributed by atoms with Gasteiger partial charge in [-0.25, -0.2) is 8.78 Å². The molecule has 3 N–H and O–H groups in total. The van der Waals surface area contributed by atoms with Gasteiger partial charge in [-0.15, -0.1) is 0 Å². The van der Waals surface area contributed by atoms with Gasteiger partial charge in [0.2, 0.25) is 0 Å². The Morgan fingerprint density at radius 1 is 1.28 bits per heavy atom. The van der Waals surface area contributed by atoms with E-state index in [9.17, 15) is 18.4 Å². The van der Waals surface area contributed by atoms with Crippen LogP contribution in [0.1, 0.15) is 74.0 Å². The monoisotopic (exact) mass is 403 g/mol. The van der Waals surface area contributed by atoms with Crippen LogP contribution >= 0.6 is 0 Å². The summed E-state index contributed by atoms with van der Waals surface area (Å²) in [4.78, 5) is 31.6. The molecule has 2 fully saturated rings. The Balaban J connectivity index is 1.80. The Morgan fingerprint density at radius 3 is 2.69 bits per heavy atom. The molecule has 2 aliphatic rings. The van der Waals surface area contributed by atoms with E-state index in [1.54, 1.807) is 13.0 Å². The molecule has 0 radical (unpaired) electrons. The molecule has 0 bridgehead atoms. The van der Waals surface area contributed by atoms with Crippen molar-refractivity contribution >= 4 is 16.8 Å². The van der Waals surface area contributed by atoms with E-state index >= 15 is 0 Å². The number of amides is 1. The zero-order chi connectivity index (χ0) is 20.8. The molecule has 0 aliphatic heterocycles. The van der Waals surface area contributed by atoms with Crippen molar-refractivity contribution < 1.29 is 13.6 Å². The number of halogens is 2. The third-order valence-corrected chi connectivity index (χ3v) is 7.01. The third-order valence-electron chi connectivity index (χ3n) is 7.01. The number of primary amides is 1. The highest BCUT2D eigenvalue weighted by Crippen LogP contribution is 2.52. The number of nitrogens with one attached hydrogen (secondary N) is 1. The van der Waals surface area contributed by atoms with Gasteiger partial charge in [-0.3, -0.25) is 14.6 Å². The van der Waals surface area contributed by atoms with E-state index in [0.29, 0.717) is 23.5 Å². The molecule has 0 spiro atoms. The molecule has 0 saturated heterocycles. The Bertz CT molecular complexity index is 982. The lowest BCUT2D eigenvalue weighted by Gasteiger charge is -2.44. The number of hydrogen-bond donors (Lipinski definition) is 2. The minimum Gasteiger partial charge on any atom is -0.364 e. The molecule has 156 valence electrons. The van der Waals surface area contributed by atoms with Crippen LogP contribution in [0, 0.1) is 17.8 Å². The number of hydrogen-bond acceptors (Lipinski definition) is 3. The Kier molecular flexibility index (Phi) is 5.17. The molecule has 4 rings (SSSR count). The van der Waals surface area contributed by atoms with Crippen molar-refractivity contribution in [2.45, 2.75) is 63.7 Å². The highest BCUT2D eigenvalue weighted by atomic mass is 19.3. The first kappa shape index (κ1) is 20.0. The van der Waals surface area contributed by atoms with E-state index in [0.717, 1.165) is 25.7 Å². The number of nitrogens with two attached hydrogens (primary N) is 1. The number of carbonyl (C=O) groups excluding carboxylic acids is 1. The predicted molar refractivity (Wildman–Crippen MR) is 107 cm³/mol. The number of rotatable bonds is 3. The standard InChI is InChI=1S/C22H27F2N3O2/c1-12-9-14(13-5-3-2-4-6-13)15(11-22(12,23)24)17-10-18(28)19-16(27-17)7-8-26-20(19)21(25)29/h7-8,10,12-15H,2-6,9,11H2,1H3,(H2,25,29)(H,27,28)/t12-,14+,15-/m0/s1. The van der Waals surface area contributed by atoms with Crippen LogP contribution in [0.2, 0.25) is 0 Å². The molecule has 2 aromatic rings. The summed E-state index contributed by atoms with van der Waals surface area (Å²) in [5.74, 6) is -4.10. The van der Waals surface area contributed by atoms with E-state index in [1.807, 2.05) is 0 Å². The number of alkyl halides is 2. The summed E-state index contributed by atoms with van der Waals surface area (Å²) in [5, 5.41) is 0.119. The topological polar surface area (TPSA) is 88.8 Å². The first-order valence-electron chi connectivity index (χ1n) is 10.5. The maximum Gasteiger partial charge on any atom is 0.268 e.